The van der Waals surface area contributed by atoms with Gasteiger partial charge < -0.3 is 0 Å². The number of nitrogens with zero attached hydrogens (tertiary/aromatic N) is 4. The summed E-state index contributed by atoms with van der Waals surface area (Å²) in [6.07, 6.45) is 3.66. The van der Waals surface area contributed by atoms with Gasteiger partial charge in [0.05, 0.1) is 22.9 Å². The Hall–Kier alpha value is -0.810. The van der Waals surface area contributed by atoms with E-state index in [0.29, 0.717) is 11.7 Å². The van der Waals surface area contributed by atoms with E-state index in [1.54, 1.807) is 10.9 Å². The highest BCUT2D eigenvalue weighted by atomic mass is 79.9. The fourth-order valence-electron chi connectivity index (χ4n) is 1.44. The zero-order valence-corrected chi connectivity index (χ0v) is 10.7. The number of hydrogen-bond donors (Lipinski definition) is 0. The van der Waals surface area contributed by atoms with Crippen molar-refractivity contribution < 1.29 is 0 Å². The molecule has 0 radical (unpaired) electrons. The predicted molar refractivity (Wildman–Crippen MR) is 62.0 cm³/mol. The molecule has 0 atom stereocenters. The van der Waals surface area contributed by atoms with E-state index in [1.165, 1.54) is 0 Å². The SMILES string of the molecule is Cc1nn(C)c(Cl)c1Cn1cc(Br)cn1. The molecule has 15 heavy (non-hydrogen) atoms. The third-order valence-electron chi connectivity index (χ3n) is 2.19. The van der Waals surface area contributed by atoms with Crippen LogP contribution in [0.3, 0.4) is 0 Å². The summed E-state index contributed by atoms with van der Waals surface area (Å²) in [6, 6.07) is 0. The van der Waals surface area contributed by atoms with Crippen molar-refractivity contribution in [2.24, 2.45) is 7.05 Å². The monoisotopic (exact) mass is 288 g/mol. The molecular weight excluding hydrogens is 279 g/mol. The maximum absolute atomic E-state index is 6.12. The first-order valence-electron chi connectivity index (χ1n) is 4.44. The van der Waals surface area contributed by atoms with Gasteiger partial charge in [-0.05, 0) is 22.9 Å². The average molecular weight is 290 g/mol. The molecular formula is C9H10BrClN4. The minimum absolute atomic E-state index is 0.643. The number of aryl methyl sites for hydroxylation is 2. The summed E-state index contributed by atoms with van der Waals surface area (Å²) < 4.78 is 4.45. The molecule has 0 aliphatic heterocycles. The fourth-order valence-corrected chi connectivity index (χ4v) is 2.00. The highest BCUT2D eigenvalue weighted by Gasteiger charge is 2.11. The van der Waals surface area contributed by atoms with Crippen molar-refractivity contribution in [3.8, 4) is 0 Å². The third kappa shape index (κ3) is 2.08. The van der Waals surface area contributed by atoms with Gasteiger partial charge >= 0.3 is 0 Å². The second-order valence-corrected chi connectivity index (χ2v) is 4.61. The topological polar surface area (TPSA) is 35.6 Å². The quantitative estimate of drug-likeness (QED) is 0.851. The molecule has 0 bridgehead atoms. The maximum Gasteiger partial charge on any atom is 0.132 e. The Morgan fingerprint density at radius 2 is 2.27 bits per heavy atom. The summed E-state index contributed by atoms with van der Waals surface area (Å²) in [4.78, 5) is 0. The molecule has 2 rings (SSSR count). The van der Waals surface area contributed by atoms with Crippen LogP contribution in [0.4, 0.5) is 0 Å². The van der Waals surface area contributed by atoms with Crippen LogP contribution < -0.4 is 0 Å². The minimum atomic E-state index is 0.643. The van der Waals surface area contributed by atoms with Gasteiger partial charge in [-0.3, -0.25) is 9.36 Å². The molecule has 4 nitrogen and oxygen atoms in total. The Bertz CT molecular complexity index is 488. The van der Waals surface area contributed by atoms with Gasteiger partial charge in [0.1, 0.15) is 5.15 Å². The number of hydrogen-bond acceptors (Lipinski definition) is 2. The van der Waals surface area contributed by atoms with Crippen molar-refractivity contribution in [3.05, 3.63) is 33.3 Å². The van der Waals surface area contributed by atoms with E-state index in [2.05, 4.69) is 26.1 Å². The summed E-state index contributed by atoms with van der Waals surface area (Å²) in [5.41, 5.74) is 1.95. The first-order chi connectivity index (χ1) is 7.08. The van der Waals surface area contributed by atoms with Crippen LogP contribution in [0.2, 0.25) is 5.15 Å². The predicted octanol–water partition coefficient (Wildman–Crippen LogP) is 2.39. The van der Waals surface area contributed by atoms with E-state index in [9.17, 15) is 0 Å². The Labute approximate surface area is 101 Å². The van der Waals surface area contributed by atoms with E-state index in [-0.39, 0.29) is 0 Å². The molecule has 2 heterocycles. The molecule has 0 spiro atoms. The molecule has 0 fully saturated rings. The normalized spacial score (nSPS) is 10.9. The molecule has 0 unspecified atom stereocenters. The summed E-state index contributed by atoms with van der Waals surface area (Å²) in [5.74, 6) is 0. The van der Waals surface area contributed by atoms with Crippen molar-refractivity contribution in [2.75, 3.05) is 0 Å². The van der Waals surface area contributed by atoms with E-state index in [0.717, 1.165) is 15.7 Å². The summed E-state index contributed by atoms with van der Waals surface area (Å²) >= 11 is 9.47. The van der Waals surface area contributed by atoms with Crippen LogP contribution in [0.1, 0.15) is 11.3 Å². The van der Waals surface area contributed by atoms with Gasteiger partial charge in [-0.2, -0.15) is 10.2 Å². The lowest BCUT2D eigenvalue weighted by Gasteiger charge is -2.00. The minimum Gasteiger partial charge on any atom is -0.267 e. The summed E-state index contributed by atoms with van der Waals surface area (Å²) in [5, 5.41) is 9.09. The van der Waals surface area contributed by atoms with Crippen LogP contribution in [0.15, 0.2) is 16.9 Å². The molecule has 0 amide bonds. The molecule has 0 aliphatic carbocycles. The van der Waals surface area contributed by atoms with Gasteiger partial charge in [-0.15, -0.1) is 0 Å². The number of rotatable bonds is 2. The molecule has 0 aromatic carbocycles. The van der Waals surface area contributed by atoms with Crippen LogP contribution >= 0.6 is 27.5 Å². The fraction of sp³-hybridized carbons (Fsp3) is 0.333. The molecule has 0 N–H and O–H groups in total. The van der Waals surface area contributed by atoms with Gasteiger partial charge in [0.25, 0.3) is 0 Å². The molecule has 0 saturated heterocycles. The average Bonchev–Trinajstić information content (AvgIpc) is 2.67. The molecule has 2 aromatic heterocycles. The molecule has 0 aliphatic rings. The van der Waals surface area contributed by atoms with E-state index in [4.69, 9.17) is 11.6 Å². The van der Waals surface area contributed by atoms with Crippen LogP contribution in [0, 0.1) is 6.92 Å². The summed E-state index contributed by atoms with van der Waals surface area (Å²) in [6.45, 7) is 2.59. The molecule has 6 heteroatoms. The Morgan fingerprint density at radius 1 is 1.53 bits per heavy atom. The highest BCUT2D eigenvalue weighted by Crippen LogP contribution is 2.20. The Kier molecular flexibility index (Phi) is 2.84. The number of aromatic nitrogens is 4. The molecule has 80 valence electrons. The van der Waals surface area contributed by atoms with Gasteiger partial charge in [-0.1, -0.05) is 11.6 Å². The lowest BCUT2D eigenvalue weighted by molar-refractivity contribution is 0.683. The van der Waals surface area contributed by atoms with Gasteiger partial charge in [0, 0.05) is 18.8 Å². The van der Waals surface area contributed by atoms with E-state index in [1.807, 2.05) is 24.9 Å². The van der Waals surface area contributed by atoms with Crippen LogP contribution in [-0.2, 0) is 13.6 Å². The third-order valence-corrected chi connectivity index (χ3v) is 3.07. The Morgan fingerprint density at radius 3 is 2.73 bits per heavy atom. The van der Waals surface area contributed by atoms with Gasteiger partial charge in [0.15, 0.2) is 0 Å². The largest absolute Gasteiger partial charge is 0.267 e. The lowest BCUT2D eigenvalue weighted by atomic mass is 10.3. The maximum atomic E-state index is 6.12. The highest BCUT2D eigenvalue weighted by molar-refractivity contribution is 9.10. The van der Waals surface area contributed by atoms with E-state index < -0.39 is 0 Å². The van der Waals surface area contributed by atoms with Crippen LogP contribution in [0.5, 0.6) is 0 Å². The summed E-state index contributed by atoms with van der Waals surface area (Å²) in [7, 11) is 1.83. The van der Waals surface area contributed by atoms with Crippen LogP contribution in [0.25, 0.3) is 0 Å². The molecule has 0 saturated carbocycles. The Balaban J connectivity index is 2.31. The van der Waals surface area contributed by atoms with Crippen molar-refractivity contribution >= 4 is 27.5 Å². The lowest BCUT2D eigenvalue weighted by Crippen LogP contribution is -2.01. The zero-order valence-electron chi connectivity index (χ0n) is 8.41. The second-order valence-electron chi connectivity index (χ2n) is 3.33. The molecule has 2 aromatic rings. The second kappa shape index (κ2) is 3.98. The van der Waals surface area contributed by atoms with E-state index >= 15 is 0 Å². The first-order valence-corrected chi connectivity index (χ1v) is 5.61. The zero-order chi connectivity index (χ0) is 11.0. The first kappa shape index (κ1) is 10.7. The van der Waals surface area contributed by atoms with Gasteiger partial charge in [0.2, 0.25) is 0 Å². The van der Waals surface area contributed by atoms with Crippen molar-refractivity contribution in [3.63, 3.8) is 0 Å². The smallest absolute Gasteiger partial charge is 0.132 e. The van der Waals surface area contributed by atoms with Crippen molar-refractivity contribution in [2.45, 2.75) is 13.5 Å². The van der Waals surface area contributed by atoms with Gasteiger partial charge in [-0.25, -0.2) is 0 Å². The van der Waals surface area contributed by atoms with Crippen LogP contribution in [-0.4, -0.2) is 19.6 Å². The standard InChI is InChI=1S/C9H10BrClN4/c1-6-8(9(11)14(2)13-6)5-15-4-7(10)3-12-15/h3-4H,5H2,1-2H3. The number of halogens is 2. The van der Waals surface area contributed by atoms with Crippen molar-refractivity contribution in [1.29, 1.82) is 0 Å². The van der Waals surface area contributed by atoms with Crippen molar-refractivity contribution in [1.82, 2.24) is 19.6 Å².